The molecule has 0 radical (unpaired) electrons. The van der Waals surface area contributed by atoms with Crippen molar-refractivity contribution < 1.29 is 9.50 Å². The molecule has 0 spiro atoms. The van der Waals surface area contributed by atoms with E-state index >= 15 is 0 Å². The summed E-state index contributed by atoms with van der Waals surface area (Å²) in [6.07, 6.45) is 7.38. The van der Waals surface area contributed by atoms with Gasteiger partial charge in [-0.2, -0.15) is 23.1 Å². The first-order valence-electron chi connectivity index (χ1n) is 10.5. The number of aromatic hydroxyl groups is 1. The summed E-state index contributed by atoms with van der Waals surface area (Å²) < 4.78 is 15.6. The molecule has 1 aliphatic carbocycles. The number of aromatic nitrogens is 4. The van der Waals surface area contributed by atoms with E-state index in [4.69, 9.17) is 4.98 Å². The molecule has 0 fully saturated rings. The Hall–Kier alpha value is -3.13. The van der Waals surface area contributed by atoms with Crippen LogP contribution in [0.15, 0.2) is 48.9 Å². The van der Waals surface area contributed by atoms with Crippen molar-refractivity contribution in [3.8, 4) is 17.0 Å². The minimum absolute atomic E-state index is 0. The Morgan fingerprint density at radius 3 is 2.75 bits per heavy atom. The van der Waals surface area contributed by atoms with E-state index in [0.717, 1.165) is 41.9 Å². The minimum atomic E-state index is -0.394. The summed E-state index contributed by atoms with van der Waals surface area (Å²) in [6.45, 7) is 4.21. The number of hydrogen-bond donors (Lipinski definition) is 2. The summed E-state index contributed by atoms with van der Waals surface area (Å²) in [5, 5.41) is 18.1. The number of rotatable bonds is 4. The molecular weight excluding hydrogens is 425 g/mol. The van der Waals surface area contributed by atoms with Crippen molar-refractivity contribution in [1.82, 2.24) is 19.6 Å². The molecule has 0 saturated heterocycles. The quantitative estimate of drug-likeness (QED) is 0.464. The molecule has 3 aromatic heterocycles. The van der Waals surface area contributed by atoms with Gasteiger partial charge in [0.05, 0.1) is 18.1 Å². The molecule has 1 atom stereocenters. The number of fused-ring (bicyclic) bond motifs is 2. The Balaban J connectivity index is 0.00000245. The van der Waals surface area contributed by atoms with Crippen molar-refractivity contribution in [1.29, 1.82) is 0 Å². The number of benzene rings is 1. The van der Waals surface area contributed by atoms with Crippen molar-refractivity contribution in [2.75, 3.05) is 5.32 Å². The van der Waals surface area contributed by atoms with Crippen LogP contribution in [0, 0.1) is 5.82 Å². The average Bonchev–Trinajstić information content (AvgIpc) is 3.18. The first-order valence-corrected chi connectivity index (χ1v) is 10.5. The molecule has 1 aliphatic rings. The van der Waals surface area contributed by atoms with E-state index in [9.17, 15) is 9.50 Å². The van der Waals surface area contributed by atoms with Gasteiger partial charge < -0.3 is 10.4 Å². The topological polar surface area (TPSA) is 75.3 Å². The summed E-state index contributed by atoms with van der Waals surface area (Å²) in [6, 6.07) is 9.13. The highest BCUT2D eigenvalue weighted by Gasteiger charge is 2.22. The highest BCUT2D eigenvalue weighted by atomic mass is 32.1. The van der Waals surface area contributed by atoms with E-state index in [1.165, 1.54) is 17.8 Å². The van der Waals surface area contributed by atoms with E-state index in [-0.39, 0.29) is 25.5 Å². The van der Waals surface area contributed by atoms with E-state index < -0.39 is 5.82 Å². The molecule has 0 amide bonds. The summed E-state index contributed by atoms with van der Waals surface area (Å²) >= 11 is 0. The average molecular weight is 452 g/mol. The van der Waals surface area contributed by atoms with Gasteiger partial charge in [0.15, 0.2) is 5.65 Å². The molecule has 6 nitrogen and oxygen atoms in total. The predicted molar refractivity (Wildman–Crippen MR) is 128 cm³/mol. The maximum atomic E-state index is 13.8. The first-order chi connectivity index (χ1) is 15.0. The maximum Gasteiger partial charge on any atom is 0.161 e. The Morgan fingerprint density at radius 1 is 1.12 bits per heavy atom. The molecule has 0 unspecified atom stereocenters. The van der Waals surface area contributed by atoms with Crippen molar-refractivity contribution >= 4 is 25.0 Å². The molecule has 5 rings (SSSR count). The third-order valence-electron chi connectivity index (χ3n) is 5.89. The third-order valence-corrected chi connectivity index (χ3v) is 5.89. The van der Waals surface area contributed by atoms with Crippen molar-refractivity contribution in [2.24, 2.45) is 0 Å². The third kappa shape index (κ3) is 4.14. The molecule has 0 aliphatic heterocycles. The second kappa shape index (κ2) is 8.78. The van der Waals surface area contributed by atoms with E-state index in [2.05, 4.69) is 29.2 Å². The van der Waals surface area contributed by atoms with E-state index in [1.807, 2.05) is 28.9 Å². The molecular formula is C24H26FN5OS. The molecule has 0 bridgehead atoms. The van der Waals surface area contributed by atoms with Crippen LogP contribution in [0.2, 0.25) is 0 Å². The zero-order valence-corrected chi connectivity index (χ0v) is 19.0. The molecule has 4 aromatic rings. The second-order valence-corrected chi connectivity index (χ2v) is 8.45. The van der Waals surface area contributed by atoms with E-state index in [1.54, 1.807) is 12.3 Å². The number of nitrogens with zero attached hydrogens (tertiary/aromatic N) is 4. The van der Waals surface area contributed by atoms with Crippen LogP contribution < -0.4 is 5.32 Å². The zero-order chi connectivity index (χ0) is 21.5. The molecule has 1 aromatic carbocycles. The normalized spacial score (nSPS) is 15.4. The molecule has 0 saturated carbocycles. The molecule has 166 valence electrons. The van der Waals surface area contributed by atoms with Gasteiger partial charge in [-0.25, -0.2) is 9.37 Å². The van der Waals surface area contributed by atoms with Crippen LogP contribution >= 0.6 is 13.5 Å². The predicted octanol–water partition coefficient (Wildman–Crippen LogP) is 4.84. The lowest BCUT2D eigenvalue weighted by Gasteiger charge is -2.26. The van der Waals surface area contributed by atoms with Gasteiger partial charge in [0.2, 0.25) is 0 Å². The smallest absolute Gasteiger partial charge is 0.161 e. The highest BCUT2D eigenvalue weighted by Crippen LogP contribution is 2.30. The fraction of sp³-hybridized carbons (Fsp3) is 0.292. The number of phenolic OH excluding ortho intramolecular Hbond substituents is 1. The van der Waals surface area contributed by atoms with Crippen LogP contribution in [-0.4, -0.2) is 30.7 Å². The largest absolute Gasteiger partial charge is 0.508 e. The number of halogens is 1. The fourth-order valence-electron chi connectivity index (χ4n) is 4.27. The van der Waals surface area contributed by atoms with Gasteiger partial charge in [0.25, 0.3) is 0 Å². The Labute approximate surface area is 193 Å². The fourth-order valence-corrected chi connectivity index (χ4v) is 4.27. The van der Waals surface area contributed by atoms with Crippen LogP contribution in [0.3, 0.4) is 0 Å². The minimum Gasteiger partial charge on any atom is -0.508 e. The number of hydrogen-bond acceptors (Lipinski definition) is 5. The number of phenols is 1. The standard InChI is InChI=1S/C24H24FN5O.H2S/c1-14(2)21-13-27-30-23(10-22(29-24(21)30)17-7-18(25)12-26-11-17)28-19-5-3-15-4-6-20(31)9-16(15)8-19;/h4,6-7,9-14,19,28,31H,3,5,8H2,1-2H3;1H2/t19-;/m1./s1. The Bertz CT molecular complexity index is 1270. The summed E-state index contributed by atoms with van der Waals surface area (Å²) in [4.78, 5) is 8.77. The van der Waals surface area contributed by atoms with E-state index in [0.29, 0.717) is 17.0 Å². The number of nitrogens with one attached hydrogen (secondary N) is 1. The molecule has 32 heavy (non-hydrogen) atoms. The van der Waals surface area contributed by atoms with Gasteiger partial charge in [0.1, 0.15) is 17.4 Å². The van der Waals surface area contributed by atoms with Crippen LogP contribution in [0.4, 0.5) is 10.2 Å². The Morgan fingerprint density at radius 2 is 1.97 bits per heavy atom. The summed E-state index contributed by atoms with van der Waals surface area (Å²) in [5.41, 5.74) is 5.51. The summed E-state index contributed by atoms with van der Waals surface area (Å²) in [7, 11) is 0. The van der Waals surface area contributed by atoms with Gasteiger partial charge >= 0.3 is 0 Å². The Kier molecular flexibility index (Phi) is 6.06. The van der Waals surface area contributed by atoms with Gasteiger partial charge in [-0.05, 0) is 54.5 Å². The maximum absolute atomic E-state index is 13.8. The van der Waals surface area contributed by atoms with Crippen molar-refractivity contribution in [3.63, 3.8) is 0 Å². The van der Waals surface area contributed by atoms with Crippen molar-refractivity contribution in [3.05, 3.63) is 71.4 Å². The first kappa shape index (κ1) is 22.1. The number of pyridine rings is 1. The van der Waals surface area contributed by atoms with Gasteiger partial charge in [-0.1, -0.05) is 19.9 Å². The van der Waals surface area contributed by atoms with Crippen LogP contribution in [0.25, 0.3) is 16.9 Å². The van der Waals surface area contributed by atoms with Gasteiger partial charge in [-0.15, -0.1) is 0 Å². The van der Waals surface area contributed by atoms with Gasteiger partial charge in [0, 0.05) is 29.4 Å². The summed E-state index contributed by atoms with van der Waals surface area (Å²) in [5.74, 6) is 0.961. The number of aryl methyl sites for hydroxylation is 1. The SMILES string of the molecule is CC(C)c1cnn2c(N[C@@H]3CCc4ccc(O)cc4C3)cc(-c3cncc(F)c3)nc12.S. The zero-order valence-electron chi connectivity index (χ0n) is 18.0. The lowest BCUT2D eigenvalue weighted by molar-refractivity contribution is 0.472. The number of anilines is 1. The van der Waals surface area contributed by atoms with Crippen LogP contribution in [-0.2, 0) is 12.8 Å². The van der Waals surface area contributed by atoms with Crippen molar-refractivity contribution in [2.45, 2.75) is 45.1 Å². The highest BCUT2D eigenvalue weighted by molar-refractivity contribution is 7.59. The van der Waals surface area contributed by atoms with Gasteiger partial charge in [-0.3, -0.25) is 4.98 Å². The lowest BCUT2D eigenvalue weighted by atomic mass is 9.88. The molecule has 2 N–H and O–H groups in total. The molecule has 3 heterocycles. The monoisotopic (exact) mass is 451 g/mol. The second-order valence-electron chi connectivity index (χ2n) is 8.45. The lowest BCUT2D eigenvalue weighted by Crippen LogP contribution is -2.28. The van der Waals surface area contributed by atoms with Crippen LogP contribution in [0.5, 0.6) is 5.75 Å². The van der Waals surface area contributed by atoms with Crippen LogP contribution in [0.1, 0.15) is 42.9 Å². The molecule has 8 heteroatoms.